The Labute approximate surface area is 134 Å². The van der Waals surface area contributed by atoms with Gasteiger partial charge in [0.05, 0.1) is 5.41 Å². The molecule has 1 N–H and O–H groups in total. The van der Waals surface area contributed by atoms with Gasteiger partial charge in [0.1, 0.15) is 0 Å². The fourth-order valence-electron chi connectivity index (χ4n) is 5.60. The van der Waals surface area contributed by atoms with Crippen molar-refractivity contribution < 1.29 is 9.90 Å². The fraction of sp³-hybridized carbons (Fsp3) is 0.750. The standard InChI is InChI=1S/C20H30O2/c1-13(2)14-6-8-16-15(12-14)7-9-17-19(16,3)10-5-11-20(17,4)18(21)22/h7,12-13,16-17H,5-6,8-11H2,1-4H3,(H,21,22)/t16-,17+,19+,20-/m1/s1. The second kappa shape index (κ2) is 5.25. The lowest BCUT2D eigenvalue weighted by Gasteiger charge is -2.57. The zero-order valence-electron chi connectivity index (χ0n) is 14.5. The third-order valence-electron chi connectivity index (χ3n) is 7.07. The molecule has 3 rings (SSSR count). The Hall–Kier alpha value is -1.05. The highest BCUT2D eigenvalue weighted by molar-refractivity contribution is 5.75. The van der Waals surface area contributed by atoms with E-state index in [4.69, 9.17) is 0 Å². The Morgan fingerprint density at radius 3 is 2.68 bits per heavy atom. The number of fused-ring (bicyclic) bond motifs is 3. The van der Waals surface area contributed by atoms with E-state index in [1.165, 1.54) is 24.8 Å². The fourth-order valence-corrected chi connectivity index (χ4v) is 5.60. The van der Waals surface area contributed by atoms with Gasteiger partial charge >= 0.3 is 5.97 Å². The SMILES string of the molecule is CC(C)C1=CC2=CC[C@H]3[C@@](C)(CCC[C@@]3(C)C(=O)O)[C@@H]2CC1. The second-order valence-electron chi connectivity index (χ2n) is 8.54. The minimum absolute atomic E-state index is 0.161. The minimum Gasteiger partial charge on any atom is -0.481 e. The van der Waals surface area contributed by atoms with Crippen LogP contribution in [-0.4, -0.2) is 11.1 Å². The van der Waals surface area contributed by atoms with Crippen molar-refractivity contribution in [3.63, 3.8) is 0 Å². The summed E-state index contributed by atoms with van der Waals surface area (Å²) in [6.45, 7) is 8.93. The molecule has 122 valence electrons. The number of carboxylic acid groups (broad SMARTS) is 1. The molecule has 0 radical (unpaired) electrons. The lowest BCUT2D eigenvalue weighted by atomic mass is 9.47. The predicted octanol–water partition coefficient (Wildman–Crippen LogP) is 5.21. The first-order valence-corrected chi connectivity index (χ1v) is 8.93. The molecule has 2 nitrogen and oxygen atoms in total. The van der Waals surface area contributed by atoms with Crippen LogP contribution in [0, 0.1) is 28.6 Å². The molecular weight excluding hydrogens is 272 g/mol. The summed E-state index contributed by atoms with van der Waals surface area (Å²) in [7, 11) is 0. The van der Waals surface area contributed by atoms with E-state index in [9.17, 15) is 9.90 Å². The Balaban J connectivity index is 2.00. The van der Waals surface area contributed by atoms with Crippen LogP contribution in [0.15, 0.2) is 23.3 Å². The van der Waals surface area contributed by atoms with Crippen LogP contribution in [-0.2, 0) is 4.79 Å². The van der Waals surface area contributed by atoms with Crippen molar-refractivity contribution >= 4 is 5.97 Å². The highest BCUT2D eigenvalue weighted by Crippen LogP contribution is 2.62. The number of rotatable bonds is 2. The van der Waals surface area contributed by atoms with Gasteiger partial charge < -0.3 is 5.11 Å². The molecule has 0 spiro atoms. The van der Waals surface area contributed by atoms with Crippen LogP contribution in [0.5, 0.6) is 0 Å². The largest absolute Gasteiger partial charge is 0.481 e. The van der Waals surface area contributed by atoms with Crippen LogP contribution in [0.2, 0.25) is 0 Å². The van der Waals surface area contributed by atoms with Gasteiger partial charge in [-0.3, -0.25) is 4.79 Å². The molecule has 0 amide bonds. The highest BCUT2D eigenvalue weighted by Gasteiger charge is 2.57. The molecule has 3 aliphatic carbocycles. The molecule has 0 heterocycles. The maximum Gasteiger partial charge on any atom is 0.309 e. The van der Waals surface area contributed by atoms with Crippen molar-refractivity contribution in [1.82, 2.24) is 0 Å². The van der Waals surface area contributed by atoms with Gasteiger partial charge in [0.25, 0.3) is 0 Å². The number of allylic oxidation sites excluding steroid dienone is 4. The number of hydrogen-bond donors (Lipinski definition) is 1. The summed E-state index contributed by atoms with van der Waals surface area (Å²) in [5.74, 6) is 0.888. The first-order chi connectivity index (χ1) is 10.3. The van der Waals surface area contributed by atoms with Gasteiger partial charge in [-0.15, -0.1) is 0 Å². The Morgan fingerprint density at radius 1 is 1.32 bits per heavy atom. The first-order valence-electron chi connectivity index (χ1n) is 8.93. The van der Waals surface area contributed by atoms with E-state index in [2.05, 4.69) is 32.9 Å². The zero-order valence-corrected chi connectivity index (χ0v) is 14.5. The van der Waals surface area contributed by atoms with Crippen molar-refractivity contribution in [2.24, 2.45) is 28.6 Å². The van der Waals surface area contributed by atoms with Crippen molar-refractivity contribution in [3.8, 4) is 0 Å². The lowest BCUT2D eigenvalue weighted by molar-refractivity contribution is -0.162. The summed E-state index contributed by atoms with van der Waals surface area (Å²) in [5, 5.41) is 9.83. The Kier molecular flexibility index (Phi) is 3.78. The molecule has 2 heteroatoms. The van der Waals surface area contributed by atoms with Crippen molar-refractivity contribution in [2.45, 2.75) is 66.2 Å². The molecule has 0 aromatic heterocycles. The maximum atomic E-state index is 11.9. The van der Waals surface area contributed by atoms with Crippen LogP contribution >= 0.6 is 0 Å². The third kappa shape index (κ3) is 2.18. The van der Waals surface area contributed by atoms with Gasteiger partial charge in [-0.05, 0) is 67.8 Å². The summed E-state index contributed by atoms with van der Waals surface area (Å²) < 4.78 is 0. The van der Waals surface area contributed by atoms with E-state index in [0.29, 0.717) is 11.8 Å². The van der Waals surface area contributed by atoms with E-state index in [-0.39, 0.29) is 11.3 Å². The molecule has 22 heavy (non-hydrogen) atoms. The molecule has 4 atom stereocenters. The molecule has 3 aliphatic rings. The molecular formula is C20H30O2. The number of carbonyl (C=O) groups is 1. The molecule has 0 saturated heterocycles. The Morgan fingerprint density at radius 2 is 2.05 bits per heavy atom. The van der Waals surface area contributed by atoms with E-state index < -0.39 is 11.4 Å². The summed E-state index contributed by atoms with van der Waals surface area (Å²) in [6, 6.07) is 0. The van der Waals surface area contributed by atoms with Crippen LogP contribution in [0.25, 0.3) is 0 Å². The van der Waals surface area contributed by atoms with Gasteiger partial charge in [0, 0.05) is 0 Å². The van der Waals surface area contributed by atoms with E-state index in [1.54, 1.807) is 5.57 Å². The molecule has 0 bridgehead atoms. The topological polar surface area (TPSA) is 37.3 Å². The van der Waals surface area contributed by atoms with Crippen molar-refractivity contribution in [3.05, 3.63) is 23.3 Å². The molecule has 1 fully saturated rings. The Bertz CT molecular complexity index is 542. The smallest absolute Gasteiger partial charge is 0.309 e. The minimum atomic E-state index is -0.588. The van der Waals surface area contributed by atoms with E-state index in [1.807, 2.05) is 6.92 Å². The quantitative estimate of drug-likeness (QED) is 0.760. The molecule has 0 aliphatic heterocycles. The van der Waals surface area contributed by atoms with Gasteiger partial charge in [-0.1, -0.05) is 44.9 Å². The van der Waals surface area contributed by atoms with Crippen LogP contribution in [0.4, 0.5) is 0 Å². The normalized spacial score (nSPS) is 41.3. The number of aliphatic carboxylic acids is 1. The van der Waals surface area contributed by atoms with Gasteiger partial charge in [-0.25, -0.2) is 0 Å². The summed E-state index contributed by atoms with van der Waals surface area (Å²) in [6.07, 6.45) is 11.2. The van der Waals surface area contributed by atoms with Gasteiger partial charge in [-0.2, -0.15) is 0 Å². The maximum absolute atomic E-state index is 11.9. The zero-order chi connectivity index (χ0) is 16.1. The first kappa shape index (κ1) is 15.8. The third-order valence-corrected chi connectivity index (χ3v) is 7.07. The average molecular weight is 302 g/mol. The molecule has 0 aromatic rings. The predicted molar refractivity (Wildman–Crippen MR) is 89.5 cm³/mol. The second-order valence-corrected chi connectivity index (χ2v) is 8.54. The summed E-state index contributed by atoms with van der Waals surface area (Å²) in [5.41, 5.74) is 2.69. The lowest BCUT2D eigenvalue weighted by Crippen LogP contribution is -2.53. The molecule has 0 unspecified atom stereocenters. The van der Waals surface area contributed by atoms with Gasteiger partial charge in [0.15, 0.2) is 0 Å². The van der Waals surface area contributed by atoms with E-state index >= 15 is 0 Å². The average Bonchev–Trinajstić information content (AvgIpc) is 2.46. The van der Waals surface area contributed by atoms with Crippen LogP contribution < -0.4 is 0 Å². The summed E-state index contributed by atoms with van der Waals surface area (Å²) in [4.78, 5) is 11.9. The number of hydrogen-bond acceptors (Lipinski definition) is 1. The monoisotopic (exact) mass is 302 g/mol. The van der Waals surface area contributed by atoms with Crippen LogP contribution in [0.1, 0.15) is 66.2 Å². The van der Waals surface area contributed by atoms with Crippen LogP contribution in [0.3, 0.4) is 0 Å². The van der Waals surface area contributed by atoms with E-state index in [0.717, 1.165) is 19.3 Å². The number of carboxylic acids is 1. The molecule has 1 saturated carbocycles. The summed E-state index contributed by atoms with van der Waals surface area (Å²) >= 11 is 0. The molecule has 0 aromatic carbocycles. The van der Waals surface area contributed by atoms with Gasteiger partial charge in [0.2, 0.25) is 0 Å². The van der Waals surface area contributed by atoms with Crippen molar-refractivity contribution in [2.75, 3.05) is 0 Å². The highest BCUT2D eigenvalue weighted by atomic mass is 16.4. The van der Waals surface area contributed by atoms with Crippen molar-refractivity contribution in [1.29, 1.82) is 0 Å².